The molecule has 0 saturated carbocycles. The minimum Gasteiger partial charge on any atom is -0.493 e. The van der Waals surface area contributed by atoms with Gasteiger partial charge < -0.3 is 25.0 Å². The van der Waals surface area contributed by atoms with Crippen molar-refractivity contribution >= 4 is 6.03 Å². The Morgan fingerprint density at radius 1 is 1.33 bits per heavy atom. The van der Waals surface area contributed by atoms with Gasteiger partial charge in [0.1, 0.15) is 0 Å². The molecule has 6 heteroatoms. The van der Waals surface area contributed by atoms with Crippen LogP contribution in [0.2, 0.25) is 0 Å². The zero-order chi connectivity index (χ0) is 19.1. The Balaban J connectivity index is 1.48. The van der Waals surface area contributed by atoms with Gasteiger partial charge in [-0.1, -0.05) is 13.0 Å². The van der Waals surface area contributed by atoms with Crippen molar-refractivity contribution in [1.29, 1.82) is 0 Å². The predicted octanol–water partition coefficient (Wildman–Crippen LogP) is 2.81. The van der Waals surface area contributed by atoms with Crippen molar-refractivity contribution in [2.24, 2.45) is 5.41 Å². The van der Waals surface area contributed by atoms with Gasteiger partial charge in [-0.3, -0.25) is 0 Å². The second-order valence-corrected chi connectivity index (χ2v) is 7.77. The van der Waals surface area contributed by atoms with E-state index < -0.39 is 0 Å². The first-order valence-electron chi connectivity index (χ1n) is 10.2. The van der Waals surface area contributed by atoms with Gasteiger partial charge in [0.05, 0.1) is 13.7 Å². The molecule has 3 rings (SSSR count). The number of rotatable bonds is 7. The minimum absolute atomic E-state index is 0.0656. The summed E-state index contributed by atoms with van der Waals surface area (Å²) in [7, 11) is 1.66. The molecule has 150 valence electrons. The van der Waals surface area contributed by atoms with Gasteiger partial charge in [0.15, 0.2) is 11.5 Å². The number of urea groups is 1. The highest BCUT2D eigenvalue weighted by Gasteiger charge is 2.39. The molecule has 2 heterocycles. The fourth-order valence-corrected chi connectivity index (χ4v) is 4.15. The lowest BCUT2D eigenvalue weighted by Crippen LogP contribution is -2.50. The summed E-state index contributed by atoms with van der Waals surface area (Å²) in [6, 6.07) is 6.06. The van der Waals surface area contributed by atoms with Gasteiger partial charge in [0, 0.05) is 31.6 Å². The fourth-order valence-electron chi connectivity index (χ4n) is 4.15. The molecular weight excluding hydrogens is 342 g/mol. The Morgan fingerprint density at radius 3 is 2.96 bits per heavy atom. The molecule has 1 aromatic rings. The van der Waals surface area contributed by atoms with E-state index in [9.17, 15) is 4.79 Å². The second-order valence-electron chi connectivity index (χ2n) is 7.77. The number of methoxy groups -OCH3 is 1. The van der Waals surface area contributed by atoms with Gasteiger partial charge in [-0.15, -0.1) is 0 Å². The van der Waals surface area contributed by atoms with Gasteiger partial charge in [0.25, 0.3) is 0 Å². The molecule has 2 amide bonds. The van der Waals surface area contributed by atoms with Crippen molar-refractivity contribution < 1.29 is 14.3 Å². The van der Waals surface area contributed by atoms with E-state index in [4.69, 9.17) is 9.47 Å². The molecular formula is C21H33N3O3. The summed E-state index contributed by atoms with van der Waals surface area (Å²) < 4.78 is 11.1. The summed E-state index contributed by atoms with van der Waals surface area (Å²) in [4.78, 5) is 14.6. The van der Waals surface area contributed by atoms with Gasteiger partial charge in [0.2, 0.25) is 0 Å². The van der Waals surface area contributed by atoms with Crippen LogP contribution in [-0.2, 0) is 6.42 Å². The second kappa shape index (κ2) is 9.31. The third-order valence-corrected chi connectivity index (χ3v) is 5.66. The number of benzene rings is 1. The lowest BCUT2D eigenvalue weighted by atomic mass is 9.79. The van der Waals surface area contributed by atoms with Gasteiger partial charge in [-0.2, -0.15) is 0 Å². The average Bonchev–Trinajstić information content (AvgIpc) is 3.14. The number of amides is 2. The number of piperidine rings is 1. The van der Waals surface area contributed by atoms with Crippen LogP contribution < -0.4 is 20.1 Å². The number of hydrogen-bond acceptors (Lipinski definition) is 4. The highest BCUT2D eigenvalue weighted by Crippen LogP contribution is 2.35. The van der Waals surface area contributed by atoms with Crippen molar-refractivity contribution in [3.63, 3.8) is 0 Å². The topological polar surface area (TPSA) is 62.8 Å². The van der Waals surface area contributed by atoms with E-state index in [0.29, 0.717) is 18.6 Å². The molecule has 0 aromatic heterocycles. The fraction of sp³-hybridized carbons (Fsp3) is 0.667. The minimum atomic E-state index is 0.0656. The normalized spacial score (nSPS) is 22.1. The van der Waals surface area contributed by atoms with E-state index in [0.717, 1.165) is 62.5 Å². The van der Waals surface area contributed by atoms with Crippen LogP contribution in [0.1, 0.15) is 38.2 Å². The maximum absolute atomic E-state index is 12.6. The maximum Gasteiger partial charge on any atom is 0.317 e. The molecule has 1 unspecified atom stereocenters. The van der Waals surface area contributed by atoms with Gasteiger partial charge in [-0.05, 0) is 56.3 Å². The smallest absolute Gasteiger partial charge is 0.317 e. The number of ether oxygens (including phenoxy) is 2. The molecule has 2 aliphatic rings. The molecule has 2 aliphatic heterocycles. The first kappa shape index (κ1) is 19.8. The number of nitrogens with zero attached hydrogens (tertiary/aromatic N) is 1. The van der Waals surface area contributed by atoms with Crippen LogP contribution in [0.3, 0.4) is 0 Å². The van der Waals surface area contributed by atoms with E-state index in [1.165, 1.54) is 12.8 Å². The predicted molar refractivity (Wildman–Crippen MR) is 107 cm³/mol. The number of nitrogens with one attached hydrogen (secondary N) is 2. The van der Waals surface area contributed by atoms with E-state index >= 15 is 0 Å². The Bertz CT molecular complexity index is 629. The molecule has 27 heavy (non-hydrogen) atoms. The summed E-state index contributed by atoms with van der Waals surface area (Å²) >= 11 is 0. The van der Waals surface area contributed by atoms with E-state index in [2.05, 4.69) is 17.6 Å². The van der Waals surface area contributed by atoms with E-state index in [1.54, 1.807) is 7.11 Å². The first-order valence-corrected chi connectivity index (χ1v) is 10.2. The van der Waals surface area contributed by atoms with Crippen molar-refractivity contribution in [2.45, 2.75) is 39.0 Å². The van der Waals surface area contributed by atoms with Gasteiger partial charge in [-0.25, -0.2) is 4.79 Å². The molecule has 1 spiro atoms. The van der Waals surface area contributed by atoms with Crippen molar-refractivity contribution in [2.75, 3.05) is 46.4 Å². The highest BCUT2D eigenvalue weighted by molar-refractivity contribution is 5.74. The van der Waals surface area contributed by atoms with Crippen molar-refractivity contribution in [3.05, 3.63) is 23.8 Å². The number of hydrogen-bond donors (Lipinski definition) is 2. The monoisotopic (exact) mass is 375 g/mol. The number of likely N-dealkylation sites (tertiary alicyclic amines) is 1. The molecule has 2 fully saturated rings. The number of carbonyl (C=O) groups is 1. The van der Waals surface area contributed by atoms with Crippen LogP contribution in [0.25, 0.3) is 0 Å². The van der Waals surface area contributed by atoms with E-state index in [1.807, 2.05) is 23.1 Å². The van der Waals surface area contributed by atoms with Crippen LogP contribution in [0.4, 0.5) is 4.79 Å². The van der Waals surface area contributed by atoms with E-state index in [-0.39, 0.29) is 6.03 Å². The van der Waals surface area contributed by atoms with Crippen molar-refractivity contribution in [3.8, 4) is 11.5 Å². The molecule has 6 nitrogen and oxygen atoms in total. The van der Waals surface area contributed by atoms with Crippen LogP contribution in [-0.4, -0.2) is 57.4 Å². The van der Waals surface area contributed by atoms with Crippen LogP contribution in [0.5, 0.6) is 11.5 Å². The third-order valence-electron chi connectivity index (χ3n) is 5.66. The zero-order valence-corrected chi connectivity index (χ0v) is 16.7. The molecule has 2 N–H and O–H groups in total. The molecule has 0 aliphatic carbocycles. The van der Waals surface area contributed by atoms with Gasteiger partial charge >= 0.3 is 6.03 Å². The molecule has 0 radical (unpaired) electrons. The highest BCUT2D eigenvalue weighted by atomic mass is 16.5. The molecule has 0 bridgehead atoms. The number of carbonyl (C=O) groups excluding carboxylic acids is 1. The summed E-state index contributed by atoms with van der Waals surface area (Å²) in [6.07, 6.45) is 5.26. The summed E-state index contributed by atoms with van der Waals surface area (Å²) in [5.74, 6) is 1.52. The third kappa shape index (κ3) is 5.06. The lowest BCUT2D eigenvalue weighted by Gasteiger charge is -2.39. The Labute approximate surface area is 162 Å². The Hall–Kier alpha value is -1.95. The Kier molecular flexibility index (Phi) is 6.83. The summed E-state index contributed by atoms with van der Waals surface area (Å²) in [6.45, 7) is 7.25. The standard InChI is InChI=1S/C21H33N3O3/c1-3-13-27-18-6-5-17(14-19(18)26-2)7-10-23-20(25)24-12-4-8-21(16-24)9-11-22-15-21/h5-6,14,22H,3-4,7-13,15-16H2,1-2H3,(H,23,25). The zero-order valence-electron chi connectivity index (χ0n) is 16.7. The van der Waals surface area contributed by atoms with Crippen LogP contribution in [0, 0.1) is 5.41 Å². The van der Waals surface area contributed by atoms with Crippen molar-refractivity contribution in [1.82, 2.24) is 15.5 Å². The quantitative estimate of drug-likeness (QED) is 0.769. The summed E-state index contributed by atoms with van der Waals surface area (Å²) in [5, 5.41) is 6.54. The first-order chi connectivity index (χ1) is 13.2. The summed E-state index contributed by atoms with van der Waals surface area (Å²) in [5.41, 5.74) is 1.43. The van der Waals surface area contributed by atoms with Crippen LogP contribution in [0.15, 0.2) is 18.2 Å². The largest absolute Gasteiger partial charge is 0.493 e. The van der Waals surface area contributed by atoms with Crippen LogP contribution >= 0.6 is 0 Å². The molecule has 1 atom stereocenters. The SMILES string of the molecule is CCCOc1ccc(CCNC(=O)N2CCCC3(CCNC3)C2)cc1OC. The lowest BCUT2D eigenvalue weighted by molar-refractivity contribution is 0.118. The average molecular weight is 376 g/mol. The molecule has 1 aromatic carbocycles. The molecule has 2 saturated heterocycles. The Morgan fingerprint density at radius 2 is 2.22 bits per heavy atom. The maximum atomic E-state index is 12.6.